The van der Waals surface area contributed by atoms with Crippen molar-refractivity contribution in [3.8, 4) is 0 Å². The van der Waals surface area contributed by atoms with Crippen LogP contribution in [0, 0.1) is 5.82 Å². The van der Waals surface area contributed by atoms with Crippen LogP contribution < -0.4 is 5.32 Å². The molecule has 0 unspecified atom stereocenters. The highest BCUT2D eigenvalue weighted by atomic mass is 19.1. The van der Waals surface area contributed by atoms with Gasteiger partial charge in [0.25, 0.3) is 0 Å². The van der Waals surface area contributed by atoms with E-state index in [-0.39, 0.29) is 11.4 Å². The second kappa shape index (κ2) is 5.15. The van der Waals surface area contributed by atoms with E-state index in [0.717, 1.165) is 37.9 Å². The van der Waals surface area contributed by atoms with Crippen LogP contribution in [0.2, 0.25) is 0 Å². The van der Waals surface area contributed by atoms with Crippen molar-refractivity contribution in [3.05, 3.63) is 35.6 Å². The van der Waals surface area contributed by atoms with Gasteiger partial charge in [-0.15, -0.1) is 0 Å². The van der Waals surface area contributed by atoms with Gasteiger partial charge in [-0.2, -0.15) is 0 Å². The van der Waals surface area contributed by atoms with E-state index in [9.17, 15) is 4.39 Å². The molecule has 0 bridgehead atoms. The Morgan fingerprint density at radius 2 is 2.00 bits per heavy atom. The molecule has 0 spiro atoms. The highest BCUT2D eigenvalue weighted by Gasteiger charge is 2.34. The number of likely N-dealkylation sites (N-methyl/N-ethyl adjacent to an activating group) is 1. The van der Waals surface area contributed by atoms with E-state index in [2.05, 4.69) is 24.3 Å². The zero-order valence-corrected chi connectivity index (χ0v) is 10.7. The van der Waals surface area contributed by atoms with Gasteiger partial charge in [0.05, 0.1) is 0 Å². The zero-order chi connectivity index (χ0) is 12.3. The van der Waals surface area contributed by atoms with Crippen molar-refractivity contribution in [2.24, 2.45) is 0 Å². The molecular formula is C14H21FN2. The number of piperidine rings is 1. The lowest BCUT2D eigenvalue weighted by Gasteiger charge is -2.43. The van der Waals surface area contributed by atoms with Gasteiger partial charge in [-0.05, 0) is 64.1 Å². The highest BCUT2D eigenvalue weighted by molar-refractivity contribution is 5.19. The maximum atomic E-state index is 13.2. The molecule has 0 atom stereocenters. The normalized spacial score (nSPS) is 19.5. The van der Waals surface area contributed by atoms with Crippen LogP contribution in [-0.4, -0.2) is 37.6 Å². The molecule has 1 saturated heterocycles. The van der Waals surface area contributed by atoms with Crippen molar-refractivity contribution in [2.75, 3.05) is 27.2 Å². The van der Waals surface area contributed by atoms with Crippen LogP contribution in [0.25, 0.3) is 0 Å². The van der Waals surface area contributed by atoms with E-state index >= 15 is 0 Å². The average Bonchev–Trinajstić information content (AvgIpc) is 2.30. The lowest BCUT2D eigenvalue weighted by Crippen LogP contribution is -2.53. The summed E-state index contributed by atoms with van der Waals surface area (Å²) >= 11 is 0. The predicted octanol–water partition coefficient (Wildman–Crippen LogP) is 2.05. The number of nitrogens with zero attached hydrogens (tertiary/aromatic N) is 1. The first kappa shape index (κ1) is 12.5. The average molecular weight is 236 g/mol. The minimum Gasteiger partial charge on any atom is -0.317 e. The Morgan fingerprint density at radius 1 is 1.29 bits per heavy atom. The van der Waals surface area contributed by atoms with Crippen molar-refractivity contribution in [3.63, 3.8) is 0 Å². The third-order valence-electron chi connectivity index (χ3n) is 3.91. The Labute approximate surface area is 103 Å². The van der Waals surface area contributed by atoms with Crippen LogP contribution in [0.1, 0.15) is 18.4 Å². The highest BCUT2D eigenvalue weighted by Crippen LogP contribution is 2.28. The first-order chi connectivity index (χ1) is 8.12. The summed E-state index contributed by atoms with van der Waals surface area (Å²) in [6, 6.07) is 6.99. The second-order valence-corrected chi connectivity index (χ2v) is 5.18. The van der Waals surface area contributed by atoms with Crippen LogP contribution in [0.3, 0.4) is 0 Å². The van der Waals surface area contributed by atoms with Crippen molar-refractivity contribution in [1.82, 2.24) is 10.2 Å². The Balaban J connectivity index is 2.17. The Bertz CT molecular complexity index is 370. The Kier molecular flexibility index (Phi) is 3.79. The molecule has 0 saturated carbocycles. The molecule has 1 aliphatic rings. The summed E-state index contributed by atoms with van der Waals surface area (Å²) < 4.78 is 13.2. The van der Waals surface area contributed by atoms with Crippen LogP contribution in [0.15, 0.2) is 24.3 Å². The largest absolute Gasteiger partial charge is 0.317 e. The molecule has 2 nitrogen and oxygen atoms in total. The monoisotopic (exact) mass is 236 g/mol. The molecule has 1 fully saturated rings. The van der Waals surface area contributed by atoms with Gasteiger partial charge in [0.2, 0.25) is 0 Å². The lowest BCUT2D eigenvalue weighted by molar-refractivity contribution is 0.108. The summed E-state index contributed by atoms with van der Waals surface area (Å²) in [5.74, 6) is -0.134. The van der Waals surface area contributed by atoms with Gasteiger partial charge in [0.1, 0.15) is 5.82 Å². The summed E-state index contributed by atoms with van der Waals surface area (Å²) in [4.78, 5) is 2.30. The number of hydrogen-bond donors (Lipinski definition) is 1. The maximum absolute atomic E-state index is 13.2. The van der Waals surface area contributed by atoms with Crippen LogP contribution in [0.5, 0.6) is 0 Å². The van der Waals surface area contributed by atoms with Crippen LogP contribution in [0.4, 0.5) is 4.39 Å². The molecule has 1 heterocycles. The topological polar surface area (TPSA) is 15.3 Å². The minimum absolute atomic E-state index is 0.134. The molecule has 94 valence electrons. The zero-order valence-electron chi connectivity index (χ0n) is 10.7. The fraction of sp³-hybridized carbons (Fsp3) is 0.571. The molecule has 0 aromatic heterocycles. The van der Waals surface area contributed by atoms with Crippen molar-refractivity contribution >= 4 is 0 Å². The van der Waals surface area contributed by atoms with Crippen LogP contribution in [-0.2, 0) is 6.42 Å². The minimum atomic E-state index is -0.134. The van der Waals surface area contributed by atoms with Crippen molar-refractivity contribution in [2.45, 2.75) is 24.8 Å². The number of hydrogen-bond acceptors (Lipinski definition) is 2. The van der Waals surface area contributed by atoms with E-state index in [1.165, 1.54) is 6.07 Å². The number of halogens is 1. The number of rotatable bonds is 3. The standard InChI is InChI=1S/C14H21FN2/c1-17(2)14(6-8-16-9-7-14)11-12-4-3-5-13(15)10-12/h3-5,10,16H,6-9,11H2,1-2H3. The van der Waals surface area contributed by atoms with E-state index in [1.54, 1.807) is 12.1 Å². The summed E-state index contributed by atoms with van der Waals surface area (Å²) in [7, 11) is 4.26. The van der Waals surface area contributed by atoms with Gasteiger partial charge in [-0.25, -0.2) is 4.39 Å². The smallest absolute Gasteiger partial charge is 0.123 e. The maximum Gasteiger partial charge on any atom is 0.123 e. The van der Waals surface area contributed by atoms with E-state index in [0.29, 0.717) is 0 Å². The molecule has 1 N–H and O–H groups in total. The van der Waals surface area contributed by atoms with Gasteiger partial charge < -0.3 is 10.2 Å². The van der Waals surface area contributed by atoms with Gasteiger partial charge in [-0.3, -0.25) is 0 Å². The third-order valence-corrected chi connectivity index (χ3v) is 3.91. The second-order valence-electron chi connectivity index (χ2n) is 5.18. The molecule has 1 aromatic carbocycles. The number of nitrogens with one attached hydrogen (secondary N) is 1. The summed E-state index contributed by atoms with van der Waals surface area (Å²) in [5, 5.41) is 3.39. The van der Waals surface area contributed by atoms with E-state index in [1.807, 2.05) is 6.07 Å². The quantitative estimate of drug-likeness (QED) is 0.864. The molecule has 1 aromatic rings. The molecule has 0 radical (unpaired) electrons. The van der Waals surface area contributed by atoms with Gasteiger partial charge in [-0.1, -0.05) is 12.1 Å². The third kappa shape index (κ3) is 2.85. The fourth-order valence-electron chi connectivity index (χ4n) is 2.70. The van der Waals surface area contributed by atoms with Gasteiger partial charge in [0, 0.05) is 5.54 Å². The molecule has 2 rings (SSSR count). The molecule has 0 amide bonds. The first-order valence-corrected chi connectivity index (χ1v) is 6.25. The predicted molar refractivity (Wildman–Crippen MR) is 68.6 cm³/mol. The molecule has 0 aliphatic carbocycles. The number of benzene rings is 1. The summed E-state index contributed by atoms with van der Waals surface area (Å²) in [6.45, 7) is 2.10. The molecule has 1 aliphatic heterocycles. The molecule has 17 heavy (non-hydrogen) atoms. The van der Waals surface area contributed by atoms with Crippen molar-refractivity contribution < 1.29 is 4.39 Å². The lowest BCUT2D eigenvalue weighted by atomic mass is 9.81. The van der Waals surface area contributed by atoms with E-state index < -0.39 is 0 Å². The molecular weight excluding hydrogens is 215 g/mol. The summed E-state index contributed by atoms with van der Waals surface area (Å²) in [6.07, 6.45) is 3.17. The Hall–Kier alpha value is -0.930. The van der Waals surface area contributed by atoms with Gasteiger partial charge in [0.15, 0.2) is 0 Å². The Morgan fingerprint density at radius 3 is 2.59 bits per heavy atom. The summed E-state index contributed by atoms with van der Waals surface area (Å²) in [5.41, 5.74) is 1.28. The van der Waals surface area contributed by atoms with Gasteiger partial charge >= 0.3 is 0 Å². The van der Waals surface area contributed by atoms with E-state index in [4.69, 9.17) is 0 Å². The molecule has 3 heteroatoms. The SMILES string of the molecule is CN(C)C1(Cc2cccc(F)c2)CCNCC1. The van der Waals surface area contributed by atoms with Crippen molar-refractivity contribution in [1.29, 1.82) is 0 Å². The van der Waals surface area contributed by atoms with Crippen LogP contribution >= 0.6 is 0 Å². The fourth-order valence-corrected chi connectivity index (χ4v) is 2.70. The first-order valence-electron chi connectivity index (χ1n) is 6.25.